The van der Waals surface area contributed by atoms with Crippen LogP contribution in [0.3, 0.4) is 0 Å². The number of hydrogen-bond donors (Lipinski definition) is 1. The van der Waals surface area contributed by atoms with E-state index in [9.17, 15) is 9.59 Å². The Morgan fingerprint density at radius 1 is 1.00 bits per heavy atom. The molecule has 0 saturated heterocycles. The van der Waals surface area contributed by atoms with Gasteiger partial charge < -0.3 is 9.73 Å². The molecule has 1 amide bonds. The second-order valence-corrected chi connectivity index (χ2v) is 5.72. The SMILES string of the molecule is Cc1nc2oc3ccccc3c(=O)c2cc1NC(=O)c1ccccc1. The predicted octanol–water partition coefficient (Wildman–Crippen LogP) is 3.90. The summed E-state index contributed by atoms with van der Waals surface area (Å²) in [6.07, 6.45) is 0. The van der Waals surface area contributed by atoms with Crippen LogP contribution < -0.4 is 10.7 Å². The van der Waals surface area contributed by atoms with Crippen molar-refractivity contribution < 1.29 is 9.21 Å². The summed E-state index contributed by atoms with van der Waals surface area (Å²) in [5.41, 5.74) is 2.19. The van der Waals surface area contributed by atoms with Crippen LogP contribution in [-0.2, 0) is 0 Å². The molecule has 5 nitrogen and oxygen atoms in total. The van der Waals surface area contributed by atoms with Gasteiger partial charge >= 0.3 is 0 Å². The number of hydrogen-bond acceptors (Lipinski definition) is 4. The Balaban J connectivity index is 1.84. The first kappa shape index (κ1) is 15.1. The molecular formula is C20H14N2O3. The van der Waals surface area contributed by atoms with E-state index in [0.717, 1.165) is 0 Å². The quantitative estimate of drug-likeness (QED) is 0.566. The first-order valence-electron chi connectivity index (χ1n) is 7.83. The van der Waals surface area contributed by atoms with Crippen LogP contribution in [0, 0.1) is 6.92 Å². The monoisotopic (exact) mass is 330 g/mol. The third-order valence-corrected chi connectivity index (χ3v) is 4.05. The van der Waals surface area contributed by atoms with Gasteiger partial charge in [0.15, 0.2) is 0 Å². The van der Waals surface area contributed by atoms with E-state index in [2.05, 4.69) is 10.3 Å². The minimum atomic E-state index is -0.255. The molecule has 25 heavy (non-hydrogen) atoms. The van der Waals surface area contributed by atoms with Gasteiger partial charge in [0, 0.05) is 5.56 Å². The number of nitrogens with one attached hydrogen (secondary N) is 1. The highest BCUT2D eigenvalue weighted by molar-refractivity contribution is 6.05. The molecular weight excluding hydrogens is 316 g/mol. The highest BCUT2D eigenvalue weighted by Gasteiger charge is 2.13. The molecule has 0 aliphatic heterocycles. The van der Waals surface area contributed by atoms with Gasteiger partial charge in [-0.15, -0.1) is 0 Å². The van der Waals surface area contributed by atoms with Gasteiger partial charge in [0.05, 0.1) is 22.2 Å². The molecule has 0 radical (unpaired) electrons. The van der Waals surface area contributed by atoms with Crippen molar-refractivity contribution in [3.8, 4) is 0 Å². The topological polar surface area (TPSA) is 72.2 Å². The van der Waals surface area contributed by atoms with Crippen LogP contribution >= 0.6 is 0 Å². The molecule has 0 atom stereocenters. The first-order chi connectivity index (χ1) is 12.1. The van der Waals surface area contributed by atoms with E-state index >= 15 is 0 Å². The van der Waals surface area contributed by atoms with Crippen molar-refractivity contribution >= 4 is 33.7 Å². The molecule has 0 unspecified atom stereocenters. The highest BCUT2D eigenvalue weighted by atomic mass is 16.3. The van der Waals surface area contributed by atoms with Gasteiger partial charge in [-0.1, -0.05) is 30.3 Å². The van der Waals surface area contributed by atoms with Gasteiger partial charge in [0.25, 0.3) is 5.91 Å². The van der Waals surface area contributed by atoms with E-state index in [1.54, 1.807) is 61.5 Å². The van der Waals surface area contributed by atoms with Crippen LogP contribution in [0.5, 0.6) is 0 Å². The summed E-state index contributed by atoms with van der Waals surface area (Å²) in [7, 11) is 0. The third kappa shape index (κ3) is 2.65. The maximum Gasteiger partial charge on any atom is 0.255 e. The van der Waals surface area contributed by atoms with Crippen LogP contribution in [0.2, 0.25) is 0 Å². The number of pyridine rings is 1. The molecule has 4 rings (SSSR count). The molecule has 2 aromatic carbocycles. The summed E-state index contributed by atoms with van der Waals surface area (Å²) in [6.45, 7) is 1.76. The number of aromatic nitrogens is 1. The summed E-state index contributed by atoms with van der Waals surface area (Å²) in [6, 6.07) is 17.5. The molecule has 2 aromatic heterocycles. The zero-order valence-electron chi connectivity index (χ0n) is 13.4. The van der Waals surface area contributed by atoms with Crippen LogP contribution in [0.25, 0.3) is 22.1 Å². The summed E-state index contributed by atoms with van der Waals surface area (Å²) >= 11 is 0. The van der Waals surface area contributed by atoms with Gasteiger partial charge in [-0.3, -0.25) is 9.59 Å². The lowest BCUT2D eigenvalue weighted by Gasteiger charge is -2.09. The zero-order valence-corrected chi connectivity index (χ0v) is 13.4. The van der Waals surface area contributed by atoms with Crippen molar-refractivity contribution in [2.24, 2.45) is 0 Å². The zero-order chi connectivity index (χ0) is 17.4. The molecule has 2 heterocycles. The highest BCUT2D eigenvalue weighted by Crippen LogP contribution is 2.22. The molecule has 0 aliphatic carbocycles. The van der Waals surface area contributed by atoms with Crippen LogP contribution in [0.15, 0.2) is 69.9 Å². The average molecular weight is 330 g/mol. The van der Waals surface area contributed by atoms with Gasteiger partial charge in [-0.2, -0.15) is 0 Å². The van der Waals surface area contributed by atoms with E-state index < -0.39 is 0 Å². The fourth-order valence-corrected chi connectivity index (χ4v) is 2.73. The van der Waals surface area contributed by atoms with Gasteiger partial charge in [0.2, 0.25) is 11.1 Å². The Kier molecular flexibility index (Phi) is 3.54. The van der Waals surface area contributed by atoms with Crippen molar-refractivity contribution in [1.82, 2.24) is 4.98 Å². The van der Waals surface area contributed by atoms with Crippen LogP contribution in [-0.4, -0.2) is 10.9 Å². The van der Waals surface area contributed by atoms with Crippen molar-refractivity contribution in [3.63, 3.8) is 0 Å². The van der Waals surface area contributed by atoms with E-state index in [1.807, 2.05) is 6.07 Å². The van der Waals surface area contributed by atoms with Gasteiger partial charge in [-0.05, 0) is 37.3 Å². The minimum Gasteiger partial charge on any atom is -0.437 e. The lowest BCUT2D eigenvalue weighted by Crippen LogP contribution is -2.14. The number of benzene rings is 2. The van der Waals surface area contributed by atoms with E-state index in [-0.39, 0.29) is 17.0 Å². The Morgan fingerprint density at radius 3 is 2.52 bits per heavy atom. The van der Waals surface area contributed by atoms with Gasteiger partial charge in [-0.25, -0.2) is 4.98 Å². The largest absolute Gasteiger partial charge is 0.437 e. The second-order valence-electron chi connectivity index (χ2n) is 5.72. The van der Waals surface area contributed by atoms with Crippen molar-refractivity contribution in [1.29, 1.82) is 0 Å². The van der Waals surface area contributed by atoms with Crippen LogP contribution in [0.1, 0.15) is 16.1 Å². The fraction of sp³-hybridized carbons (Fsp3) is 0.0500. The average Bonchev–Trinajstić information content (AvgIpc) is 2.64. The molecule has 0 bridgehead atoms. The number of rotatable bonds is 2. The Hall–Kier alpha value is -3.47. The summed E-state index contributed by atoms with van der Waals surface area (Å²) < 4.78 is 5.73. The van der Waals surface area contributed by atoms with Crippen molar-refractivity contribution in [3.05, 3.63) is 82.1 Å². The Labute approximate surface area is 142 Å². The summed E-state index contributed by atoms with van der Waals surface area (Å²) in [5.74, 6) is -0.255. The molecule has 0 spiro atoms. The Bertz CT molecular complexity index is 1160. The number of aryl methyl sites for hydroxylation is 1. The third-order valence-electron chi connectivity index (χ3n) is 4.05. The number of fused-ring (bicyclic) bond motifs is 2. The molecule has 0 aliphatic rings. The molecule has 0 fully saturated rings. The minimum absolute atomic E-state index is 0.167. The normalized spacial score (nSPS) is 10.9. The molecule has 1 N–H and O–H groups in total. The number of carbonyl (C=O) groups excluding carboxylic acids is 1. The number of amides is 1. The van der Waals surface area contributed by atoms with E-state index in [1.165, 1.54) is 0 Å². The lowest BCUT2D eigenvalue weighted by atomic mass is 10.1. The standard InChI is InChI=1S/C20H14N2O3/c1-12-16(22-19(24)13-7-3-2-4-8-13)11-15-18(23)14-9-5-6-10-17(14)25-20(15)21-12/h2-11H,1H3,(H,22,24). The molecule has 122 valence electrons. The maximum absolute atomic E-state index is 12.7. The number of nitrogens with zero attached hydrogens (tertiary/aromatic N) is 1. The fourth-order valence-electron chi connectivity index (χ4n) is 2.73. The molecule has 5 heteroatoms. The Morgan fingerprint density at radius 2 is 1.72 bits per heavy atom. The van der Waals surface area contributed by atoms with Gasteiger partial charge in [0.1, 0.15) is 5.58 Å². The first-order valence-corrected chi connectivity index (χ1v) is 7.83. The van der Waals surface area contributed by atoms with E-state index in [0.29, 0.717) is 33.3 Å². The number of anilines is 1. The summed E-state index contributed by atoms with van der Waals surface area (Å²) in [4.78, 5) is 29.4. The van der Waals surface area contributed by atoms with Crippen LogP contribution in [0.4, 0.5) is 5.69 Å². The number of para-hydroxylation sites is 1. The van der Waals surface area contributed by atoms with E-state index in [4.69, 9.17) is 4.42 Å². The lowest BCUT2D eigenvalue weighted by molar-refractivity contribution is 0.102. The smallest absolute Gasteiger partial charge is 0.255 e. The predicted molar refractivity (Wildman–Crippen MR) is 96.9 cm³/mol. The van der Waals surface area contributed by atoms with Crippen molar-refractivity contribution in [2.45, 2.75) is 6.92 Å². The summed E-state index contributed by atoms with van der Waals surface area (Å²) in [5, 5.41) is 3.64. The second kappa shape index (κ2) is 5.87. The maximum atomic E-state index is 12.7. The number of carbonyl (C=O) groups is 1. The molecule has 0 saturated carbocycles. The molecule has 4 aromatic rings. The van der Waals surface area contributed by atoms with Crippen molar-refractivity contribution in [2.75, 3.05) is 5.32 Å².